The number of hydrazine groups is 1. The van der Waals surface area contributed by atoms with E-state index in [4.69, 9.17) is 21.9 Å². The Hall–Kier alpha value is -0.510. The lowest BCUT2D eigenvalue weighted by molar-refractivity contribution is 0.347. The molecule has 0 aromatic carbocycles. The summed E-state index contributed by atoms with van der Waals surface area (Å²) in [5.41, 5.74) is 2.68. The van der Waals surface area contributed by atoms with Gasteiger partial charge in [0.25, 0.3) is 0 Å². The van der Waals surface area contributed by atoms with Crippen LogP contribution in [0.4, 0.5) is 0 Å². The summed E-state index contributed by atoms with van der Waals surface area (Å²) in [5.74, 6) is 6.51. The summed E-state index contributed by atoms with van der Waals surface area (Å²) in [4.78, 5) is 0. The molecule has 1 unspecified atom stereocenters. The summed E-state index contributed by atoms with van der Waals surface area (Å²) in [6.07, 6.45) is 0. The average molecular weight is 189 g/mol. The van der Waals surface area contributed by atoms with Gasteiger partial charge < -0.3 is 4.42 Å². The highest BCUT2D eigenvalue weighted by Crippen LogP contribution is 2.24. The molecule has 1 heterocycles. The van der Waals surface area contributed by atoms with Crippen molar-refractivity contribution in [1.29, 1.82) is 0 Å². The van der Waals surface area contributed by atoms with Gasteiger partial charge in [0.05, 0.1) is 6.04 Å². The second-order valence-electron chi connectivity index (χ2n) is 3.03. The lowest BCUT2D eigenvalue weighted by Crippen LogP contribution is -2.31. The molecule has 68 valence electrons. The van der Waals surface area contributed by atoms with E-state index in [-0.39, 0.29) is 6.04 Å². The Morgan fingerprint density at radius 1 is 1.50 bits per heavy atom. The number of nitrogens with two attached hydrogens (primary N) is 1. The largest absolute Gasteiger partial charge is 0.448 e. The summed E-state index contributed by atoms with van der Waals surface area (Å²) < 4.78 is 5.22. The maximum absolute atomic E-state index is 5.63. The Labute approximate surface area is 76.8 Å². The number of hydrogen-bond acceptors (Lipinski definition) is 3. The highest BCUT2D eigenvalue weighted by atomic mass is 35.5. The molecule has 0 aliphatic rings. The van der Waals surface area contributed by atoms with Crippen molar-refractivity contribution in [1.82, 2.24) is 5.43 Å². The predicted molar refractivity (Wildman–Crippen MR) is 48.6 cm³/mol. The molecule has 0 bridgehead atoms. The van der Waals surface area contributed by atoms with Gasteiger partial charge in [-0.15, -0.1) is 0 Å². The zero-order valence-electron chi connectivity index (χ0n) is 7.17. The fraction of sp³-hybridized carbons (Fsp3) is 0.500. The molecular weight excluding hydrogens is 176 g/mol. The molecule has 0 saturated carbocycles. The zero-order valence-corrected chi connectivity index (χ0v) is 7.93. The van der Waals surface area contributed by atoms with Gasteiger partial charge in [-0.25, -0.2) is 5.43 Å². The fourth-order valence-electron chi connectivity index (χ4n) is 1.10. The maximum Gasteiger partial charge on any atom is 0.193 e. The molecule has 0 aliphatic heterocycles. The van der Waals surface area contributed by atoms with E-state index in [1.807, 2.05) is 6.07 Å². The second kappa shape index (κ2) is 3.94. The van der Waals surface area contributed by atoms with Crippen molar-refractivity contribution < 1.29 is 4.42 Å². The molecule has 3 N–H and O–H groups in total. The maximum atomic E-state index is 5.63. The quantitative estimate of drug-likeness (QED) is 0.564. The number of nitrogens with one attached hydrogen (secondary N) is 1. The van der Waals surface area contributed by atoms with Crippen LogP contribution in [-0.4, -0.2) is 0 Å². The molecule has 1 aromatic heterocycles. The van der Waals surface area contributed by atoms with E-state index in [1.54, 1.807) is 6.07 Å². The lowest BCUT2D eigenvalue weighted by Gasteiger charge is -2.16. The molecular formula is C8H13ClN2O. The van der Waals surface area contributed by atoms with Crippen LogP contribution in [-0.2, 0) is 0 Å². The molecule has 0 saturated heterocycles. The van der Waals surface area contributed by atoms with Crippen molar-refractivity contribution in [2.75, 3.05) is 0 Å². The smallest absolute Gasteiger partial charge is 0.193 e. The standard InChI is InChI=1S/C8H13ClN2O/c1-5(2)8(11-10)6-3-4-7(9)12-6/h3-5,8,11H,10H2,1-2H3. The van der Waals surface area contributed by atoms with Gasteiger partial charge in [0, 0.05) is 0 Å². The molecule has 3 nitrogen and oxygen atoms in total. The summed E-state index contributed by atoms with van der Waals surface area (Å²) in [6, 6.07) is 3.56. The summed E-state index contributed by atoms with van der Waals surface area (Å²) >= 11 is 5.63. The lowest BCUT2D eigenvalue weighted by atomic mass is 10.0. The van der Waals surface area contributed by atoms with Crippen LogP contribution in [0.5, 0.6) is 0 Å². The van der Waals surface area contributed by atoms with Crippen LogP contribution in [0.15, 0.2) is 16.5 Å². The van der Waals surface area contributed by atoms with Gasteiger partial charge in [0.1, 0.15) is 5.76 Å². The Morgan fingerprint density at radius 2 is 2.17 bits per heavy atom. The Bertz CT molecular complexity index is 247. The Kier molecular flexibility index (Phi) is 3.14. The van der Waals surface area contributed by atoms with E-state index in [9.17, 15) is 0 Å². The average Bonchev–Trinajstić information content (AvgIpc) is 2.37. The summed E-state index contributed by atoms with van der Waals surface area (Å²) in [5, 5.41) is 0.394. The summed E-state index contributed by atoms with van der Waals surface area (Å²) in [7, 11) is 0. The molecule has 12 heavy (non-hydrogen) atoms. The number of rotatable bonds is 3. The van der Waals surface area contributed by atoms with Gasteiger partial charge in [-0.3, -0.25) is 5.84 Å². The first-order chi connectivity index (χ1) is 5.65. The van der Waals surface area contributed by atoms with Gasteiger partial charge in [-0.2, -0.15) is 0 Å². The molecule has 0 spiro atoms. The highest BCUT2D eigenvalue weighted by Gasteiger charge is 2.17. The summed E-state index contributed by atoms with van der Waals surface area (Å²) in [6.45, 7) is 4.11. The number of furan rings is 1. The van der Waals surface area contributed by atoms with Crippen molar-refractivity contribution in [3.05, 3.63) is 23.1 Å². The van der Waals surface area contributed by atoms with Gasteiger partial charge in [0.15, 0.2) is 5.22 Å². The number of hydrogen-bond donors (Lipinski definition) is 2. The van der Waals surface area contributed by atoms with E-state index < -0.39 is 0 Å². The first-order valence-corrected chi connectivity index (χ1v) is 4.24. The molecule has 0 radical (unpaired) electrons. The monoisotopic (exact) mass is 188 g/mol. The van der Waals surface area contributed by atoms with Crippen molar-refractivity contribution in [3.63, 3.8) is 0 Å². The van der Waals surface area contributed by atoms with E-state index >= 15 is 0 Å². The van der Waals surface area contributed by atoms with Crippen LogP contribution < -0.4 is 11.3 Å². The molecule has 4 heteroatoms. The Balaban J connectivity index is 2.80. The molecule has 0 fully saturated rings. The van der Waals surface area contributed by atoms with E-state index in [0.717, 1.165) is 5.76 Å². The zero-order chi connectivity index (χ0) is 9.14. The third-order valence-electron chi connectivity index (χ3n) is 1.75. The van der Waals surface area contributed by atoms with Gasteiger partial charge >= 0.3 is 0 Å². The first-order valence-electron chi connectivity index (χ1n) is 3.86. The van der Waals surface area contributed by atoms with E-state index in [0.29, 0.717) is 11.1 Å². The molecule has 0 aliphatic carbocycles. The Morgan fingerprint density at radius 3 is 2.50 bits per heavy atom. The van der Waals surface area contributed by atoms with Gasteiger partial charge in [0.2, 0.25) is 0 Å². The highest BCUT2D eigenvalue weighted by molar-refractivity contribution is 6.28. The molecule has 0 amide bonds. The first kappa shape index (κ1) is 9.58. The molecule has 1 aromatic rings. The SMILES string of the molecule is CC(C)C(NN)c1ccc(Cl)o1. The number of halogens is 1. The minimum atomic E-state index is 0.0255. The molecule has 1 atom stereocenters. The topological polar surface area (TPSA) is 51.2 Å². The van der Waals surface area contributed by atoms with Crippen LogP contribution in [0.2, 0.25) is 5.22 Å². The third-order valence-corrected chi connectivity index (χ3v) is 1.95. The van der Waals surface area contributed by atoms with Crippen LogP contribution in [0.25, 0.3) is 0 Å². The van der Waals surface area contributed by atoms with E-state index in [1.165, 1.54) is 0 Å². The molecule has 1 rings (SSSR count). The van der Waals surface area contributed by atoms with Crippen LogP contribution >= 0.6 is 11.6 Å². The van der Waals surface area contributed by atoms with Crippen LogP contribution in [0.3, 0.4) is 0 Å². The van der Waals surface area contributed by atoms with Crippen molar-refractivity contribution in [2.24, 2.45) is 11.8 Å². The van der Waals surface area contributed by atoms with Crippen molar-refractivity contribution >= 4 is 11.6 Å². The van der Waals surface area contributed by atoms with Gasteiger partial charge in [-0.05, 0) is 29.7 Å². The normalized spacial score (nSPS) is 13.8. The third kappa shape index (κ3) is 2.00. The minimum absolute atomic E-state index is 0.0255. The van der Waals surface area contributed by atoms with Crippen molar-refractivity contribution in [3.8, 4) is 0 Å². The second-order valence-corrected chi connectivity index (χ2v) is 3.40. The van der Waals surface area contributed by atoms with Crippen LogP contribution in [0.1, 0.15) is 25.6 Å². The van der Waals surface area contributed by atoms with Crippen LogP contribution in [0, 0.1) is 5.92 Å². The van der Waals surface area contributed by atoms with Crippen molar-refractivity contribution in [2.45, 2.75) is 19.9 Å². The fourth-order valence-corrected chi connectivity index (χ4v) is 1.25. The van der Waals surface area contributed by atoms with E-state index in [2.05, 4.69) is 19.3 Å². The predicted octanol–water partition coefficient (Wildman–Crippen LogP) is 2.09. The minimum Gasteiger partial charge on any atom is -0.448 e. The van der Waals surface area contributed by atoms with Gasteiger partial charge in [-0.1, -0.05) is 13.8 Å².